The molecule has 0 aliphatic heterocycles. The maximum atomic E-state index is 2.92. The number of allylic oxidation sites excluding steroid dienone is 2. The molecule has 0 radical (unpaired) electrons. The zero-order valence-corrected chi connectivity index (χ0v) is 8.40. The van der Waals surface area contributed by atoms with Crippen molar-refractivity contribution in [1.29, 1.82) is 0 Å². The maximum Gasteiger partial charge on any atom is -0.00235 e. The van der Waals surface area contributed by atoms with Crippen LogP contribution < -0.4 is 0 Å². The first-order valence-corrected chi connectivity index (χ1v) is 4.99. The molecular weight excluding hydrogens is 144 g/mol. The average Bonchev–Trinajstić information content (AvgIpc) is 2.10. The molecule has 0 rings (SSSR count). The van der Waals surface area contributed by atoms with Crippen LogP contribution in [-0.2, 0) is 0 Å². The molecule has 0 bridgehead atoms. The van der Waals surface area contributed by atoms with Crippen LogP contribution in [-0.4, -0.2) is 0 Å². The van der Waals surface area contributed by atoms with E-state index in [4.69, 9.17) is 0 Å². The van der Waals surface area contributed by atoms with Crippen LogP contribution in [0.15, 0.2) is 12.2 Å². The first-order valence-electron chi connectivity index (χ1n) is 4.99. The van der Waals surface area contributed by atoms with Gasteiger partial charge in [-0.15, -0.1) is 5.92 Å². The van der Waals surface area contributed by atoms with E-state index in [1.165, 1.54) is 38.5 Å². The zero-order valence-electron chi connectivity index (χ0n) is 8.40. The molecule has 68 valence electrons. The first-order chi connectivity index (χ1) is 5.91. The van der Waals surface area contributed by atoms with Crippen LogP contribution in [0.3, 0.4) is 0 Å². The molecule has 0 heterocycles. The summed E-state index contributed by atoms with van der Waals surface area (Å²) in [7, 11) is 0. The Bertz CT molecular complexity index is 155. The maximum absolute atomic E-state index is 2.92. The second-order valence-electron chi connectivity index (χ2n) is 3.00. The predicted molar refractivity (Wildman–Crippen MR) is 56.0 cm³/mol. The third-order valence-electron chi connectivity index (χ3n) is 1.82. The summed E-state index contributed by atoms with van der Waals surface area (Å²) in [6, 6.07) is 0. The van der Waals surface area contributed by atoms with Crippen molar-refractivity contribution >= 4 is 0 Å². The lowest BCUT2D eigenvalue weighted by Gasteiger charge is -1.94. The molecule has 0 N–H and O–H groups in total. The normalized spacial score (nSPS) is 9.83. The molecule has 0 aliphatic rings. The fourth-order valence-electron chi connectivity index (χ4n) is 1.09. The van der Waals surface area contributed by atoms with E-state index >= 15 is 0 Å². The van der Waals surface area contributed by atoms with E-state index in [0.29, 0.717) is 0 Å². The molecule has 0 heteroatoms. The van der Waals surface area contributed by atoms with E-state index in [9.17, 15) is 0 Å². The van der Waals surface area contributed by atoms with Gasteiger partial charge in [-0.25, -0.2) is 0 Å². The highest BCUT2D eigenvalue weighted by atomic mass is 13.9. The van der Waals surface area contributed by atoms with Crippen LogP contribution in [0.25, 0.3) is 0 Å². The average molecular weight is 164 g/mol. The molecule has 0 aromatic heterocycles. The van der Waals surface area contributed by atoms with Crippen molar-refractivity contribution in [3.63, 3.8) is 0 Å². The summed E-state index contributed by atoms with van der Waals surface area (Å²) in [4.78, 5) is 0. The summed E-state index contributed by atoms with van der Waals surface area (Å²) in [5.41, 5.74) is 0. The number of hydrogen-bond donors (Lipinski definition) is 0. The lowest BCUT2D eigenvalue weighted by Crippen LogP contribution is -1.75. The third-order valence-corrected chi connectivity index (χ3v) is 1.82. The lowest BCUT2D eigenvalue weighted by molar-refractivity contribution is 0.637. The second-order valence-corrected chi connectivity index (χ2v) is 3.00. The van der Waals surface area contributed by atoms with E-state index in [1.807, 2.05) is 13.0 Å². The Morgan fingerprint density at radius 2 is 1.83 bits per heavy atom. The van der Waals surface area contributed by atoms with Crippen LogP contribution in [0.5, 0.6) is 0 Å². The van der Waals surface area contributed by atoms with Crippen molar-refractivity contribution in [2.24, 2.45) is 0 Å². The van der Waals surface area contributed by atoms with Crippen molar-refractivity contribution in [3.8, 4) is 11.8 Å². The molecule has 0 atom stereocenters. The van der Waals surface area contributed by atoms with Crippen molar-refractivity contribution in [2.75, 3.05) is 0 Å². The minimum atomic E-state index is 1.19. The number of rotatable bonds is 6. The third kappa shape index (κ3) is 9.30. The van der Waals surface area contributed by atoms with Gasteiger partial charge in [0.2, 0.25) is 0 Å². The zero-order chi connectivity index (χ0) is 9.07. The second kappa shape index (κ2) is 10.3. The van der Waals surface area contributed by atoms with Gasteiger partial charge in [0.15, 0.2) is 0 Å². The van der Waals surface area contributed by atoms with E-state index < -0.39 is 0 Å². The van der Waals surface area contributed by atoms with Gasteiger partial charge < -0.3 is 0 Å². The fraction of sp³-hybridized carbons (Fsp3) is 0.667. The quantitative estimate of drug-likeness (QED) is 0.412. The van der Waals surface area contributed by atoms with Gasteiger partial charge >= 0.3 is 0 Å². The van der Waals surface area contributed by atoms with E-state index in [0.717, 1.165) is 0 Å². The van der Waals surface area contributed by atoms with Crippen LogP contribution in [0.4, 0.5) is 0 Å². The van der Waals surface area contributed by atoms with E-state index in [2.05, 4.69) is 24.8 Å². The molecular formula is C12H20. The highest BCUT2D eigenvalue weighted by molar-refractivity contribution is 5.13. The number of hydrogen-bond acceptors (Lipinski definition) is 0. The Kier molecular flexibility index (Phi) is 9.70. The van der Waals surface area contributed by atoms with Gasteiger partial charge in [-0.1, -0.05) is 44.6 Å². The molecule has 0 aromatic carbocycles. The van der Waals surface area contributed by atoms with Gasteiger partial charge in [0.05, 0.1) is 0 Å². The molecule has 0 aromatic rings. The van der Waals surface area contributed by atoms with Crippen LogP contribution in [0.1, 0.15) is 52.4 Å². The van der Waals surface area contributed by atoms with E-state index in [1.54, 1.807) is 0 Å². The van der Waals surface area contributed by atoms with Crippen LogP contribution >= 0.6 is 0 Å². The summed E-state index contributed by atoms with van der Waals surface area (Å²) in [6.07, 6.45) is 12.1. The monoisotopic (exact) mass is 164 g/mol. The van der Waals surface area contributed by atoms with Crippen LogP contribution in [0, 0.1) is 11.8 Å². The number of unbranched alkanes of at least 4 members (excludes halogenated alkanes) is 5. The molecule has 0 spiro atoms. The first kappa shape index (κ1) is 11.3. The molecule has 12 heavy (non-hydrogen) atoms. The van der Waals surface area contributed by atoms with Gasteiger partial charge in [0.1, 0.15) is 0 Å². The summed E-state index contributed by atoms with van der Waals surface area (Å²) in [6.45, 7) is 4.11. The van der Waals surface area contributed by atoms with Crippen molar-refractivity contribution in [2.45, 2.75) is 52.4 Å². The minimum absolute atomic E-state index is 1.19. The molecule has 0 amide bonds. The highest BCUT2D eigenvalue weighted by Crippen LogP contribution is 2.04. The topological polar surface area (TPSA) is 0 Å². The minimum Gasteiger partial charge on any atom is -0.102 e. The Labute approximate surface area is 77.1 Å². The largest absolute Gasteiger partial charge is 0.102 e. The molecule has 0 saturated carbocycles. The van der Waals surface area contributed by atoms with Crippen molar-refractivity contribution in [3.05, 3.63) is 12.2 Å². The molecule has 0 aliphatic carbocycles. The fourth-order valence-corrected chi connectivity index (χ4v) is 1.09. The van der Waals surface area contributed by atoms with Gasteiger partial charge in [-0.05, 0) is 25.8 Å². The van der Waals surface area contributed by atoms with Gasteiger partial charge in [0, 0.05) is 0 Å². The summed E-state index contributed by atoms with van der Waals surface area (Å²) in [5.74, 6) is 5.76. The standard InChI is InChI=1S/C12H20/c1-3-5-7-9-11-12-10-8-6-4-2/h8,10H,3,5,7,9,11-12H2,1-2H3/b10-8-. The van der Waals surface area contributed by atoms with Crippen molar-refractivity contribution in [1.82, 2.24) is 0 Å². The summed E-state index contributed by atoms with van der Waals surface area (Å²) in [5, 5.41) is 0. The van der Waals surface area contributed by atoms with Gasteiger partial charge in [-0.2, -0.15) is 0 Å². The van der Waals surface area contributed by atoms with Gasteiger partial charge in [0.25, 0.3) is 0 Å². The lowest BCUT2D eigenvalue weighted by atomic mass is 10.1. The predicted octanol–water partition coefficient (Wildman–Crippen LogP) is 3.93. The molecule has 0 fully saturated rings. The Hall–Kier alpha value is -0.700. The summed E-state index contributed by atoms with van der Waals surface area (Å²) < 4.78 is 0. The van der Waals surface area contributed by atoms with Crippen molar-refractivity contribution < 1.29 is 0 Å². The Balaban J connectivity index is 3.03. The highest BCUT2D eigenvalue weighted by Gasteiger charge is 1.85. The molecule has 0 unspecified atom stereocenters. The molecule has 0 saturated heterocycles. The smallest absolute Gasteiger partial charge is 0.00235 e. The SMILES string of the molecule is CC#C/C=C\CCCCCCC. The van der Waals surface area contributed by atoms with Crippen LogP contribution in [0.2, 0.25) is 0 Å². The Morgan fingerprint density at radius 3 is 2.50 bits per heavy atom. The molecule has 0 nitrogen and oxygen atoms in total. The van der Waals surface area contributed by atoms with E-state index in [-0.39, 0.29) is 0 Å². The van der Waals surface area contributed by atoms with Gasteiger partial charge in [-0.3, -0.25) is 0 Å². The Morgan fingerprint density at radius 1 is 1.08 bits per heavy atom. The summed E-state index contributed by atoms with van der Waals surface area (Å²) >= 11 is 0.